The van der Waals surface area contributed by atoms with E-state index in [2.05, 4.69) is 20.8 Å². The average molecular weight is 173 g/mol. The third kappa shape index (κ3) is 4.73. The van der Waals surface area contributed by atoms with E-state index in [0.29, 0.717) is 0 Å². The second kappa shape index (κ2) is 6.44. The highest BCUT2D eigenvalue weighted by molar-refractivity contribution is 4.71. The van der Waals surface area contributed by atoms with Crippen LogP contribution in [-0.2, 0) is 4.74 Å². The van der Waals surface area contributed by atoms with Crippen molar-refractivity contribution in [1.82, 2.24) is 0 Å². The second-order valence-corrected chi connectivity index (χ2v) is 3.41. The molecule has 0 unspecified atom stereocenters. The molecular weight excluding hydrogens is 150 g/mol. The Kier molecular flexibility index (Phi) is 6.39. The molecule has 0 radical (unpaired) electrons. The molecule has 0 saturated carbocycles. The van der Waals surface area contributed by atoms with Crippen molar-refractivity contribution in [2.45, 2.75) is 58.6 Å². The Morgan fingerprint density at radius 1 is 1.00 bits per heavy atom. The fraction of sp³-hybridized carbons (Fsp3) is 1.00. The highest BCUT2D eigenvalue weighted by atomic mass is 16.5. The van der Waals surface area contributed by atoms with Gasteiger partial charge in [0.25, 0.3) is 0 Å². The van der Waals surface area contributed by atoms with E-state index in [1.165, 1.54) is 0 Å². The van der Waals surface area contributed by atoms with Gasteiger partial charge in [0.2, 0.25) is 0 Å². The van der Waals surface area contributed by atoms with Gasteiger partial charge in [-0.15, -0.1) is 0 Å². The normalized spacial score (nSPS) is 12.0. The first kappa shape index (κ1) is 11.9. The Morgan fingerprint density at radius 2 is 1.50 bits per heavy atom. The number of hydrogen-bond acceptors (Lipinski definition) is 2. The van der Waals surface area contributed by atoms with Crippen molar-refractivity contribution in [2.75, 3.05) is 6.61 Å². The first-order chi connectivity index (χ1) is 5.68. The second-order valence-electron chi connectivity index (χ2n) is 3.41. The highest BCUT2D eigenvalue weighted by Gasteiger charge is 2.22. The molecule has 0 spiro atoms. The van der Waals surface area contributed by atoms with Crippen LogP contribution in [0.2, 0.25) is 0 Å². The summed E-state index contributed by atoms with van der Waals surface area (Å²) in [6, 6.07) is 0. The molecule has 0 atom stereocenters. The van der Waals surface area contributed by atoms with Gasteiger partial charge in [-0.3, -0.25) is 0 Å². The zero-order valence-corrected chi connectivity index (χ0v) is 8.73. The maximum atomic E-state index is 6.08. The lowest BCUT2D eigenvalue weighted by molar-refractivity contribution is -0.0539. The van der Waals surface area contributed by atoms with E-state index in [-0.39, 0.29) is 5.72 Å². The topological polar surface area (TPSA) is 35.2 Å². The van der Waals surface area contributed by atoms with Gasteiger partial charge in [-0.25, -0.2) is 0 Å². The van der Waals surface area contributed by atoms with E-state index in [0.717, 1.165) is 38.7 Å². The minimum Gasteiger partial charge on any atom is -0.361 e. The standard InChI is InChI=1S/C10H23NO/c1-4-7-10(11,8-5-2)12-9-6-3/h4-9,11H2,1-3H3. The molecule has 0 aliphatic heterocycles. The van der Waals surface area contributed by atoms with Crippen LogP contribution in [0.1, 0.15) is 52.9 Å². The summed E-state index contributed by atoms with van der Waals surface area (Å²) in [5.74, 6) is 0. The SMILES string of the molecule is CCCOC(N)(CCC)CCC. The smallest absolute Gasteiger partial charge is 0.116 e. The Hall–Kier alpha value is -0.0800. The summed E-state index contributed by atoms with van der Waals surface area (Å²) in [6.07, 6.45) is 5.19. The van der Waals surface area contributed by atoms with E-state index in [4.69, 9.17) is 10.5 Å². The number of rotatable bonds is 7. The Bertz CT molecular complexity index is 98.0. The van der Waals surface area contributed by atoms with Crippen LogP contribution in [0.25, 0.3) is 0 Å². The minimum absolute atomic E-state index is 0.348. The summed E-state index contributed by atoms with van der Waals surface area (Å²) < 4.78 is 5.64. The predicted molar refractivity (Wildman–Crippen MR) is 53.0 cm³/mol. The molecule has 2 heteroatoms. The minimum atomic E-state index is -0.348. The quantitative estimate of drug-likeness (QED) is 0.601. The maximum Gasteiger partial charge on any atom is 0.116 e. The lowest BCUT2D eigenvalue weighted by atomic mass is 10.0. The van der Waals surface area contributed by atoms with Crippen molar-refractivity contribution in [3.05, 3.63) is 0 Å². The molecule has 0 rings (SSSR count). The van der Waals surface area contributed by atoms with Crippen molar-refractivity contribution < 1.29 is 4.74 Å². The fourth-order valence-corrected chi connectivity index (χ4v) is 1.42. The molecule has 0 saturated heterocycles. The first-order valence-electron chi connectivity index (χ1n) is 5.11. The molecule has 0 aliphatic carbocycles. The zero-order chi connectivity index (χ0) is 9.45. The zero-order valence-electron chi connectivity index (χ0n) is 8.73. The van der Waals surface area contributed by atoms with Gasteiger partial charge < -0.3 is 10.5 Å². The Labute approximate surface area is 76.5 Å². The molecule has 74 valence electrons. The molecule has 0 aliphatic rings. The summed E-state index contributed by atoms with van der Waals surface area (Å²) in [4.78, 5) is 0. The van der Waals surface area contributed by atoms with E-state index < -0.39 is 0 Å². The van der Waals surface area contributed by atoms with Gasteiger partial charge in [0.15, 0.2) is 0 Å². The van der Waals surface area contributed by atoms with E-state index >= 15 is 0 Å². The monoisotopic (exact) mass is 173 g/mol. The maximum absolute atomic E-state index is 6.08. The van der Waals surface area contributed by atoms with Crippen molar-refractivity contribution in [2.24, 2.45) is 5.73 Å². The summed E-state index contributed by atoms with van der Waals surface area (Å²) in [5, 5.41) is 0. The molecule has 0 aromatic carbocycles. The van der Waals surface area contributed by atoms with Crippen molar-refractivity contribution >= 4 is 0 Å². The Balaban J connectivity index is 3.80. The van der Waals surface area contributed by atoms with E-state index in [1.54, 1.807) is 0 Å². The summed E-state index contributed by atoms with van der Waals surface area (Å²) in [7, 11) is 0. The summed E-state index contributed by atoms with van der Waals surface area (Å²) in [5.41, 5.74) is 5.74. The third-order valence-corrected chi connectivity index (χ3v) is 1.94. The van der Waals surface area contributed by atoms with Gasteiger partial charge in [0, 0.05) is 6.61 Å². The summed E-state index contributed by atoms with van der Waals surface area (Å²) in [6.45, 7) is 7.19. The molecule has 0 heterocycles. The molecule has 2 N–H and O–H groups in total. The molecule has 2 nitrogen and oxygen atoms in total. The Morgan fingerprint density at radius 3 is 1.83 bits per heavy atom. The molecule has 0 bridgehead atoms. The van der Waals surface area contributed by atoms with Crippen LogP contribution >= 0.6 is 0 Å². The molecule has 0 aromatic heterocycles. The van der Waals surface area contributed by atoms with Crippen LogP contribution in [-0.4, -0.2) is 12.3 Å². The third-order valence-electron chi connectivity index (χ3n) is 1.94. The molecular formula is C10H23NO. The van der Waals surface area contributed by atoms with Crippen molar-refractivity contribution in [3.8, 4) is 0 Å². The van der Waals surface area contributed by atoms with Crippen LogP contribution < -0.4 is 5.73 Å². The van der Waals surface area contributed by atoms with Crippen LogP contribution in [0.5, 0.6) is 0 Å². The molecule has 12 heavy (non-hydrogen) atoms. The van der Waals surface area contributed by atoms with Crippen molar-refractivity contribution in [3.63, 3.8) is 0 Å². The van der Waals surface area contributed by atoms with E-state index in [1.807, 2.05) is 0 Å². The average Bonchev–Trinajstić information content (AvgIpc) is 2.02. The lowest BCUT2D eigenvalue weighted by Crippen LogP contribution is -2.42. The summed E-state index contributed by atoms with van der Waals surface area (Å²) >= 11 is 0. The van der Waals surface area contributed by atoms with Crippen LogP contribution in [0, 0.1) is 0 Å². The van der Waals surface area contributed by atoms with Gasteiger partial charge in [0.05, 0.1) is 0 Å². The van der Waals surface area contributed by atoms with Gasteiger partial charge in [-0.05, 0) is 19.3 Å². The largest absolute Gasteiger partial charge is 0.361 e. The van der Waals surface area contributed by atoms with Gasteiger partial charge in [-0.2, -0.15) is 0 Å². The fourth-order valence-electron chi connectivity index (χ4n) is 1.42. The van der Waals surface area contributed by atoms with Gasteiger partial charge >= 0.3 is 0 Å². The predicted octanol–water partition coefficient (Wildman–Crippen LogP) is 2.67. The number of hydrogen-bond donors (Lipinski definition) is 1. The highest BCUT2D eigenvalue weighted by Crippen LogP contribution is 2.18. The van der Waals surface area contributed by atoms with Gasteiger partial charge in [0.1, 0.15) is 5.72 Å². The number of nitrogens with two attached hydrogens (primary N) is 1. The first-order valence-corrected chi connectivity index (χ1v) is 5.11. The van der Waals surface area contributed by atoms with Gasteiger partial charge in [-0.1, -0.05) is 33.6 Å². The molecule has 0 amide bonds. The van der Waals surface area contributed by atoms with Crippen LogP contribution in [0.4, 0.5) is 0 Å². The lowest BCUT2D eigenvalue weighted by Gasteiger charge is -2.29. The molecule has 0 aromatic rings. The van der Waals surface area contributed by atoms with E-state index in [9.17, 15) is 0 Å². The molecule has 0 fully saturated rings. The van der Waals surface area contributed by atoms with Crippen molar-refractivity contribution in [1.29, 1.82) is 0 Å². The number of ether oxygens (including phenoxy) is 1. The van der Waals surface area contributed by atoms with Crippen LogP contribution in [0.15, 0.2) is 0 Å². The van der Waals surface area contributed by atoms with Crippen LogP contribution in [0.3, 0.4) is 0 Å².